The van der Waals surface area contributed by atoms with E-state index in [0.29, 0.717) is 36.9 Å². The van der Waals surface area contributed by atoms with Gasteiger partial charge in [0.05, 0.1) is 32.3 Å². The van der Waals surface area contributed by atoms with E-state index in [4.69, 9.17) is 18.9 Å². The zero-order chi connectivity index (χ0) is 23.9. The van der Waals surface area contributed by atoms with Gasteiger partial charge in [-0.3, -0.25) is 9.69 Å². The predicted octanol–water partition coefficient (Wildman–Crippen LogP) is 3.42. The molecular weight excluding hydrogens is 434 g/mol. The van der Waals surface area contributed by atoms with Gasteiger partial charge in [0.25, 0.3) is 0 Å². The van der Waals surface area contributed by atoms with E-state index in [-0.39, 0.29) is 41.5 Å². The number of carbonyl (C=O) groups is 1. The van der Waals surface area contributed by atoms with Gasteiger partial charge in [-0.05, 0) is 67.6 Å². The van der Waals surface area contributed by atoms with Crippen molar-refractivity contribution in [2.75, 3.05) is 40.5 Å². The summed E-state index contributed by atoms with van der Waals surface area (Å²) in [5, 5.41) is 9.49. The van der Waals surface area contributed by atoms with Crippen molar-refractivity contribution in [3.05, 3.63) is 23.8 Å². The highest BCUT2D eigenvalue weighted by atomic mass is 16.6. The number of methoxy groups -OCH3 is 2. The Morgan fingerprint density at radius 3 is 2.71 bits per heavy atom. The zero-order valence-corrected chi connectivity index (χ0v) is 20.8. The molecule has 188 valence electrons. The van der Waals surface area contributed by atoms with E-state index < -0.39 is 0 Å². The second-order valence-electron chi connectivity index (χ2n) is 11.1. The lowest BCUT2D eigenvalue weighted by molar-refractivity contribution is -0.147. The molecule has 2 aliphatic heterocycles. The number of rotatable bonds is 9. The summed E-state index contributed by atoms with van der Waals surface area (Å²) in [7, 11) is 3.27. The summed E-state index contributed by atoms with van der Waals surface area (Å²) in [5.41, 5.74) is 1.36. The third kappa shape index (κ3) is 4.31. The van der Waals surface area contributed by atoms with E-state index in [1.807, 2.05) is 18.2 Å². The number of aliphatic hydroxyl groups is 1. The summed E-state index contributed by atoms with van der Waals surface area (Å²) in [4.78, 5) is 15.4. The first-order chi connectivity index (χ1) is 16.4. The molecule has 6 atom stereocenters. The van der Waals surface area contributed by atoms with Crippen LogP contribution in [-0.2, 0) is 20.8 Å². The number of esters is 1. The maximum Gasteiger partial charge on any atom is 0.310 e. The van der Waals surface area contributed by atoms with Crippen LogP contribution in [0.4, 0.5) is 0 Å². The van der Waals surface area contributed by atoms with Crippen molar-refractivity contribution in [2.45, 2.75) is 63.7 Å². The lowest BCUT2D eigenvalue weighted by Crippen LogP contribution is -2.51. The smallest absolute Gasteiger partial charge is 0.310 e. The molecule has 0 radical (unpaired) electrons. The Bertz CT molecular complexity index is 901. The second kappa shape index (κ2) is 9.32. The number of hydrogen-bond acceptors (Lipinski definition) is 7. The number of carbonyl (C=O) groups excluding carboxylic acids is 1. The third-order valence-corrected chi connectivity index (χ3v) is 9.02. The van der Waals surface area contributed by atoms with Crippen LogP contribution in [0.15, 0.2) is 18.2 Å². The summed E-state index contributed by atoms with van der Waals surface area (Å²) in [6, 6.07) is 5.94. The van der Waals surface area contributed by atoms with E-state index in [1.165, 1.54) is 12.8 Å². The molecule has 2 saturated heterocycles. The van der Waals surface area contributed by atoms with Crippen molar-refractivity contribution in [1.29, 1.82) is 0 Å². The van der Waals surface area contributed by atoms with Crippen molar-refractivity contribution >= 4 is 5.97 Å². The third-order valence-electron chi connectivity index (χ3n) is 9.02. The number of hydrogen-bond donors (Lipinski definition) is 1. The van der Waals surface area contributed by atoms with E-state index in [0.717, 1.165) is 38.0 Å². The molecule has 1 aromatic carbocycles. The van der Waals surface area contributed by atoms with Crippen molar-refractivity contribution in [1.82, 2.24) is 4.90 Å². The molecule has 0 amide bonds. The van der Waals surface area contributed by atoms with Crippen LogP contribution in [0.5, 0.6) is 11.5 Å². The van der Waals surface area contributed by atoms with E-state index in [1.54, 1.807) is 14.2 Å². The van der Waals surface area contributed by atoms with Crippen LogP contribution in [-0.4, -0.2) is 68.2 Å². The predicted molar refractivity (Wildman–Crippen MR) is 127 cm³/mol. The van der Waals surface area contributed by atoms with Crippen LogP contribution in [0.1, 0.15) is 51.0 Å². The van der Waals surface area contributed by atoms with Gasteiger partial charge in [-0.2, -0.15) is 0 Å². The molecule has 2 saturated carbocycles. The van der Waals surface area contributed by atoms with Crippen LogP contribution in [0.2, 0.25) is 0 Å². The molecule has 1 N–H and O–H groups in total. The average molecular weight is 474 g/mol. The number of benzene rings is 1. The quantitative estimate of drug-likeness (QED) is 0.435. The number of epoxide rings is 1. The first kappa shape index (κ1) is 23.9. The van der Waals surface area contributed by atoms with E-state index >= 15 is 0 Å². The average Bonchev–Trinajstić information content (AvgIpc) is 3.53. The van der Waals surface area contributed by atoms with Crippen molar-refractivity contribution in [3.8, 4) is 11.5 Å². The van der Waals surface area contributed by atoms with Crippen LogP contribution >= 0.6 is 0 Å². The summed E-state index contributed by atoms with van der Waals surface area (Å²) in [5.74, 6) is 1.97. The Labute approximate surface area is 202 Å². The summed E-state index contributed by atoms with van der Waals surface area (Å²) in [6.07, 6.45) is 6.24. The Morgan fingerprint density at radius 1 is 1.21 bits per heavy atom. The number of aliphatic hydroxyl groups excluding tert-OH is 1. The first-order valence-electron chi connectivity index (χ1n) is 12.8. The van der Waals surface area contributed by atoms with Gasteiger partial charge in [-0.15, -0.1) is 0 Å². The fourth-order valence-electron chi connectivity index (χ4n) is 7.21. The lowest BCUT2D eigenvalue weighted by atomic mass is 9.53. The number of ether oxygens (including phenoxy) is 4. The second-order valence-corrected chi connectivity index (χ2v) is 11.1. The number of fused-ring (bicyclic) bond motifs is 3. The molecule has 1 aromatic rings. The zero-order valence-electron chi connectivity index (χ0n) is 20.8. The summed E-state index contributed by atoms with van der Waals surface area (Å²) in [6.45, 7) is 5.44. The van der Waals surface area contributed by atoms with Gasteiger partial charge < -0.3 is 24.1 Å². The van der Waals surface area contributed by atoms with Crippen LogP contribution in [0, 0.1) is 23.2 Å². The largest absolute Gasteiger partial charge is 0.493 e. The van der Waals surface area contributed by atoms with Gasteiger partial charge in [-0.25, -0.2) is 0 Å². The Hall–Kier alpha value is -1.83. The molecule has 2 aliphatic carbocycles. The normalized spacial score (nSPS) is 36.2. The fraction of sp³-hybridized carbons (Fsp3) is 0.741. The van der Waals surface area contributed by atoms with Gasteiger partial charge in [0, 0.05) is 32.2 Å². The van der Waals surface area contributed by atoms with Gasteiger partial charge in [-0.1, -0.05) is 13.0 Å². The van der Waals surface area contributed by atoms with Gasteiger partial charge in [0.1, 0.15) is 6.10 Å². The van der Waals surface area contributed by atoms with E-state index in [2.05, 4.69) is 11.8 Å². The molecule has 1 unspecified atom stereocenters. The molecule has 4 aliphatic rings. The molecule has 7 heteroatoms. The molecule has 7 nitrogen and oxygen atoms in total. The molecule has 2 heterocycles. The van der Waals surface area contributed by atoms with Crippen LogP contribution < -0.4 is 9.47 Å². The van der Waals surface area contributed by atoms with Crippen LogP contribution in [0.3, 0.4) is 0 Å². The molecule has 4 fully saturated rings. The number of nitrogens with zero attached hydrogens (tertiary/aromatic N) is 1. The Balaban J connectivity index is 1.33. The van der Waals surface area contributed by atoms with Gasteiger partial charge in [0.2, 0.25) is 0 Å². The Morgan fingerprint density at radius 2 is 2.00 bits per heavy atom. The minimum atomic E-state index is -0.133. The highest BCUT2D eigenvalue weighted by Crippen LogP contribution is 2.62. The fourth-order valence-corrected chi connectivity index (χ4v) is 7.21. The molecule has 34 heavy (non-hydrogen) atoms. The van der Waals surface area contributed by atoms with Crippen molar-refractivity contribution < 1.29 is 28.8 Å². The van der Waals surface area contributed by atoms with Gasteiger partial charge in [0.15, 0.2) is 11.5 Å². The molecular formula is C27H39NO6. The highest BCUT2D eigenvalue weighted by molar-refractivity contribution is 5.75. The first-order valence-corrected chi connectivity index (χ1v) is 12.8. The Kier molecular flexibility index (Phi) is 6.55. The van der Waals surface area contributed by atoms with Crippen molar-refractivity contribution in [2.24, 2.45) is 23.2 Å². The van der Waals surface area contributed by atoms with E-state index in [9.17, 15) is 9.90 Å². The molecule has 5 rings (SSSR count). The molecule has 0 bridgehead atoms. The highest BCUT2D eigenvalue weighted by Gasteiger charge is 2.65. The standard InChI is InChI=1S/C27H39NO6/c1-26-8-4-9-27(17-33-27)24(26)13-19-20(25(30)34-23(19)14-26)16-28(10-5-11-29)15-18-6-7-21(31-2)22(12-18)32-3/h6-7,12,19-20,23-24,29H,4-5,8-11,13-17H2,1-3H3/t19-,20-,23+,24?,26+,27+/m0/s1. The monoisotopic (exact) mass is 473 g/mol. The maximum atomic E-state index is 13.1. The molecule has 1 spiro atoms. The van der Waals surface area contributed by atoms with Crippen molar-refractivity contribution in [3.63, 3.8) is 0 Å². The summed E-state index contributed by atoms with van der Waals surface area (Å²) >= 11 is 0. The minimum absolute atomic E-state index is 0.0217. The summed E-state index contributed by atoms with van der Waals surface area (Å²) < 4.78 is 22.9. The topological polar surface area (TPSA) is 80.8 Å². The van der Waals surface area contributed by atoms with Crippen LogP contribution in [0.25, 0.3) is 0 Å². The minimum Gasteiger partial charge on any atom is -0.493 e. The van der Waals surface area contributed by atoms with Gasteiger partial charge >= 0.3 is 5.97 Å². The lowest BCUT2D eigenvalue weighted by Gasteiger charge is -2.51. The SMILES string of the molecule is COc1ccc(CN(CCCO)C[C@@H]2C(=O)O[C@@H]3C[C@@]4(C)CCC[C@@]5(CO5)C4C[C@@H]23)cc1OC. The maximum absolute atomic E-state index is 13.1. The molecule has 0 aromatic heterocycles.